The number of carbonyl (C=O) groups excluding carboxylic acids is 1. The molecule has 1 saturated heterocycles. The van der Waals surface area contributed by atoms with Gasteiger partial charge in [0.2, 0.25) is 5.91 Å². The molecule has 0 bridgehead atoms. The molecule has 1 amide bonds. The van der Waals surface area contributed by atoms with Gasteiger partial charge in [-0.2, -0.15) is 0 Å². The molecule has 1 aliphatic heterocycles. The fourth-order valence-electron chi connectivity index (χ4n) is 4.41. The number of anilines is 1. The van der Waals surface area contributed by atoms with Crippen LogP contribution < -0.4 is 15.0 Å². The molecule has 0 spiro atoms. The van der Waals surface area contributed by atoms with E-state index in [1.54, 1.807) is 18.4 Å². The van der Waals surface area contributed by atoms with Crippen LogP contribution in [0.15, 0.2) is 60.7 Å². The van der Waals surface area contributed by atoms with E-state index >= 15 is 0 Å². The summed E-state index contributed by atoms with van der Waals surface area (Å²) >= 11 is 1.72. The van der Waals surface area contributed by atoms with Crippen molar-refractivity contribution in [2.24, 2.45) is 0 Å². The van der Waals surface area contributed by atoms with Crippen molar-refractivity contribution in [2.45, 2.75) is 6.42 Å². The van der Waals surface area contributed by atoms with Crippen molar-refractivity contribution in [3.05, 3.63) is 66.2 Å². The molecule has 170 valence electrons. The SMILES string of the molecule is COc1cccc2sc(N3CCN(CCNC(=O)Cc4cccc5ccccc45)CC3)nc12. The number of aromatic nitrogens is 1. The third-order valence-electron chi connectivity index (χ3n) is 6.21. The van der Waals surface area contributed by atoms with E-state index in [0.29, 0.717) is 13.0 Å². The van der Waals surface area contributed by atoms with Crippen molar-refractivity contribution in [2.75, 3.05) is 51.3 Å². The Morgan fingerprint density at radius 3 is 2.67 bits per heavy atom. The number of piperazine rings is 1. The minimum absolute atomic E-state index is 0.0772. The quantitative estimate of drug-likeness (QED) is 0.453. The first-order valence-corrected chi connectivity index (χ1v) is 12.2. The zero-order chi connectivity index (χ0) is 22.6. The highest BCUT2D eigenvalue weighted by Gasteiger charge is 2.20. The van der Waals surface area contributed by atoms with Gasteiger partial charge in [-0.05, 0) is 28.5 Å². The van der Waals surface area contributed by atoms with Crippen LogP contribution in [0.1, 0.15) is 5.56 Å². The van der Waals surface area contributed by atoms with Gasteiger partial charge < -0.3 is 15.0 Å². The molecule has 0 radical (unpaired) electrons. The van der Waals surface area contributed by atoms with E-state index in [4.69, 9.17) is 9.72 Å². The predicted molar refractivity (Wildman–Crippen MR) is 135 cm³/mol. The molecule has 0 saturated carbocycles. The first-order valence-electron chi connectivity index (χ1n) is 11.4. The summed E-state index contributed by atoms with van der Waals surface area (Å²) in [7, 11) is 1.69. The first kappa shape index (κ1) is 21.7. The van der Waals surface area contributed by atoms with Crippen LogP contribution in [-0.4, -0.2) is 62.2 Å². The van der Waals surface area contributed by atoms with Gasteiger partial charge in [0.25, 0.3) is 0 Å². The maximum Gasteiger partial charge on any atom is 0.224 e. The number of hydrogen-bond acceptors (Lipinski definition) is 6. The van der Waals surface area contributed by atoms with Crippen LogP contribution in [0.5, 0.6) is 5.75 Å². The molecular formula is C26H28N4O2S. The lowest BCUT2D eigenvalue weighted by Gasteiger charge is -2.34. The summed E-state index contributed by atoms with van der Waals surface area (Å²) in [6.07, 6.45) is 0.413. The van der Waals surface area contributed by atoms with E-state index < -0.39 is 0 Å². The number of nitrogens with one attached hydrogen (secondary N) is 1. The molecule has 2 heterocycles. The smallest absolute Gasteiger partial charge is 0.224 e. The van der Waals surface area contributed by atoms with Crippen molar-refractivity contribution in [1.82, 2.24) is 15.2 Å². The van der Waals surface area contributed by atoms with E-state index in [-0.39, 0.29) is 5.91 Å². The number of amides is 1. The van der Waals surface area contributed by atoms with E-state index in [2.05, 4.69) is 39.4 Å². The lowest BCUT2D eigenvalue weighted by molar-refractivity contribution is -0.120. The van der Waals surface area contributed by atoms with Gasteiger partial charge in [0.1, 0.15) is 11.3 Å². The molecule has 1 N–H and O–H groups in total. The fraction of sp³-hybridized carbons (Fsp3) is 0.308. The van der Waals surface area contributed by atoms with E-state index in [1.807, 2.05) is 36.4 Å². The average molecular weight is 461 g/mol. The molecule has 6 nitrogen and oxygen atoms in total. The zero-order valence-electron chi connectivity index (χ0n) is 18.8. The Balaban J connectivity index is 1.10. The molecule has 5 rings (SSSR count). The number of methoxy groups -OCH3 is 1. The van der Waals surface area contributed by atoms with Gasteiger partial charge in [0.15, 0.2) is 5.13 Å². The Kier molecular flexibility index (Phi) is 6.41. The van der Waals surface area contributed by atoms with Gasteiger partial charge in [0, 0.05) is 39.3 Å². The van der Waals surface area contributed by atoms with Crippen LogP contribution >= 0.6 is 11.3 Å². The number of para-hydroxylation sites is 1. The second kappa shape index (κ2) is 9.77. The van der Waals surface area contributed by atoms with Crippen LogP contribution in [0.2, 0.25) is 0 Å². The average Bonchev–Trinajstić information content (AvgIpc) is 3.29. The van der Waals surface area contributed by atoms with Crippen molar-refractivity contribution in [3.8, 4) is 5.75 Å². The highest BCUT2D eigenvalue weighted by Crippen LogP contribution is 2.34. The Morgan fingerprint density at radius 2 is 1.82 bits per heavy atom. The molecule has 7 heteroatoms. The first-order chi connectivity index (χ1) is 16.2. The highest BCUT2D eigenvalue weighted by atomic mass is 32.1. The lowest BCUT2D eigenvalue weighted by Crippen LogP contribution is -2.48. The molecule has 1 aromatic heterocycles. The van der Waals surface area contributed by atoms with E-state index in [9.17, 15) is 4.79 Å². The number of carbonyl (C=O) groups is 1. The molecule has 33 heavy (non-hydrogen) atoms. The number of thiazole rings is 1. The number of nitrogens with zero attached hydrogens (tertiary/aromatic N) is 3. The molecule has 0 unspecified atom stereocenters. The Hall–Kier alpha value is -3.16. The van der Waals surface area contributed by atoms with Crippen molar-refractivity contribution in [1.29, 1.82) is 0 Å². The van der Waals surface area contributed by atoms with E-state index in [1.165, 1.54) is 5.39 Å². The van der Waals surface area contributed by atoms with Crippen molar-refractivity contribution >= 4 is 43.4 Å². The summed E-state index contributed by atoms with van der Waals surface area (Å²) in [6.45, 7) is 5.33. The number of fused-ring (bicyclic) bond motifs is 2. The predicted octanol–water partition coefficient (Wildman–Crippen LogP) is 3.94. The van der Waals surface area contributed by atoms with Crippen LogP contribution in [0.3, 0.4) is 0 Å². The summed E-state index contributed by atoms with van der Waals surface area (Å²) in [5.74, 6) is 0.904. The minimum Gasteiger partial charge on any atom is -0.494 e. The Labute approximate surface area is 197 Å². The lowest BCUT2D eigenvalue weighted by atomic mass is 10.0. The van der Waals surface area contributed by atoms with Gasteiger partial charge >= 0.3 is 0 Å². The standard InChI is InChI=1S/C26H28N4O2S/c1-32-22-10-5-11-23-25(22)28-26(33-23)30-16-14-29(15-17-30)13-12-27-24(31)18-20-8-4-7-19-6-2-3-9-21(19)20/h2-11H,12-18H2,1H3,(H,27,31). The molecule has 4 aromatic rings. The molecule has 0 atom stereocenters. The molecular weight excluding hydrogens is 432 g/mol. The monoisotopic (exact) mass is 460 g/mol. The van der Waals surface area contributed by atoms with Crippen molar-refractivity contribution in [3.63, 3.8) is 0 Å². The number of ether oxygens (including phenoxy) is 1. The molecule has 3 aromatic carbocycles. The van der Waals surface area contributed by atoms with Crippen LogP contribution in [0.25, 0.3) is 21.0 Å². The Bertz CT molecular complexity index is 1260. The molecule has 1 fully saturated rings. The third-order valence-corrected chi connectivity index (χ3v) is 7.30. The summed E-state index contributed by atoms with van der Waals surface area (Å²) < 4.78 is 6.60. The topological polar surface area (TPSA) is 57.7 Å². The van der Waals surface area contributed by atoms with Crippen molar-refractivity contribution < 1.29 is 9.53 Å². The maximum absolute atomic E-state index is 12.5. The second-order valence-corrected chi connectivity index (χ2v) is 9.31. The molecule has 0 aliphatic carbocycles. The highest BCUT2D eigenvalue weighted by molar-refractivity contribution is 7.22. The zero-order valence-corrected chi connectivity index (χ0v) is 19.6. The van der Waals surface area contributed by atoms with Crippen LogP contribution in [0.4, 0.5) is 5.13 Å². The van der Waals surface area contributed by atoms with Gasteiger partial charge in [-0.15, -0.1) is 0 Å². The number of benzene rings is 3. The second-order valence-electron chi connectivity index (χ2n) is 8.30. The van der Waals surface area contributed by atoms with Gasteiger partial charge in [-0.1, -0.05) is 59.9 Å². The number of hydrogen-bond donors (Lipinski definition) is 1. The summed E-state index contributed by atoms with van der Waals surface area (Å²) in [6, 6.07) is 20.4. The summed E-state index contributed by atoms with van der Waals surface area (Å²) in [5.41, 5.74) is 2.02. The molecule has 1 aliphatic rings. The third kappa shape index (κ3) is 4.79. The largest absolute Gasteiger partial charge is 0.494 e. The summed E-state index contributed by atoms with van der Waals surface area (Å²) in [4.78, 5) is 22.1. The van der Waals surface area contributed by atoms with Crippen LogP contribution in [-0.2, 0) is 11.2 Å². The number of rotatable bonds is 7. The normalized spacial score (nSPS) is 14.6. The van der Waals surface area contributed by atoms with Gasteiger partial charge in [-0.3, -0.25) is 9.69 Å². The van der Waals surface area contributed by atoms with Gasteiger partial charge in [0.05, 0.1) is 18.2 Å². The Morgan fingerprint density at radius 1 is 1.03 bits per heavy atom. The summed E-state index contributed by atoms with van der Waals surface area (Å²) in [5, 5.41) is 6.48. The minimum atomic E-state index is 0.0772. The van der Waals surface area contributed by atoms with Gasteiger partial charge in [-0.25, -0.2) is 4.98 Å². The van der Waals surface area contributed by atoms with Crippen LogP contribution in [0, 0.1) is 0 Å². The fourth-order valence-corrected chi connectivity index (χ4v) is 5.44. The maximum atomic E-state index is 12.5. The van der Waals surface area contributed by atoms with E-state index in [0.717, 1.165) is 64.8 Å².